The summed E-state index contributed by atoms with van der Waals surface area (Å²) in [7, 11) is -4.06. The van der Waals surface area contributed by atoms with Gasteiger partial charge in [0, 0.05) is 18.9 Å². The van der Waals surface area contributed by atoms with Gasteiger partial charge in [0.25, 0.3) is 10.0 Å². The lowest BCUT2D eigenvalue weighted by Gasteiger charge is -2.27. The first kappa shape index (κ1) is 22.8. The van der Waals surface area contributed by atoms with Crippen molar-refractivity contribution in [1.82, 2.24) is 13.9 Å². The van der Waals surface area contributed by atoms with Crippen LogP contribution >= 0.6 is 11.6 Å². The molecule has 3 aromatic rings. The minimum atomic E-state index is -4.06. The third-order valence-electron chi connectivity index (χ3n) is 4.48. The molecule has 1 N–H and O–H groups in total. The summed E-state index contributed by atoms with van der Waals surface area (Å²) in [4.78, 5) is 16.8. The zero-order chi connectivity index (χ0) is 22.8. The van der Waals surface area contributed by atoms with Gasteiger partial charge in [-0.1, -0.05) is 62.7 Å². The maximum atomic E-state index is 13.4. The predicted molar refractivity (Wildman–Crippen MR) is 120 cm³/mol. The number of carbonyl (C=O) groups is 1. The number of hydrogen-bond donors (Lipinski definition) is 1. The molecule has 0 saturated heterocycles. The van der Waals surface area contributed by atoms with E-state index in [2.05, 4.69) is 4.98 Å². The van der Waals surface area contributed by atoms with E-state index in [1.54, 1.807) is 30.3 Å². The highest BCUT2D eigenvalue weighted by Crippen LogP contribution is 2.30. The first-order valence-electron chi connectivity index (χ1n) is 9.60. The summed E-state index contributed by atoms with van der Waals surface area (Å²) in [6, 6.07) is 13.6. The average molecular weight is 462 g/mol. The molecular weight excluding hydrogens is 438 g/mol. The maximum absolute atomic E-state index is 13.4. The van der Waals surface area contributed by atoms with Gasteiger partial charge in [0.1, 0.15) is 10.0 Å². The quantitative estimate of drug-likeness (QED) is 0.523. The zero-order valence-corrected chi connectivity index (χ0v) is 19.1. The number of rotatable bonds is 6. The largest absolute Gasteiger partial charge is 0.465 e. The smallest absolute Gasteiger partial charge is 0.407 e. The highest BCUT2D eigenvalue weighted by atomic mass is 35.5. The molecule has 1 aromatic carbocycles. The van der Waals surface area contributed by atoms with Gasteiger partial charge in [-0.25, -0.2) is 22.2 Å². The van der Waals surface area contributed by atoms with Crippen LogP contribution < -0.4 is 0 Å². The number of hydrogen-bond acceptors (Lipinski definition) is 4. The van der Waals surface area contributed by atoms with Crippen molar-refractivity contribution in [2.45, 2.75) is 32.2 Å². The highest BCUT2D eigenvalue weighted by molar-refractivity contribution is 7.90. The van der Waals surface area contributed by atoms with E-state index >= 15 is 0 Å². The molecule has 7 nitrogen and oxygen atoms in total. The molecule has 0 aliphatic carbocycles. The van der Waals surface area contributed by atoms with Gasteiger partial charge in [-0.3, -0.25) is 0 Å². The monoisotopic (exact) mass is 461 g/mol. The minimum absolute atomic E-state index is 0.0513. The topological polar surface area (TPSA) is 92.5 Å². The number of nitrogens with zero attached hydrogens (tertiary/aromatic N) is 3. The average Bonchev–Trinajstić information content (AvgIpc) is 3.12. The lowest BCUT2D eigenvalue weighted by molar-refractivity contribution is 0.123. The lowest BCUT2D eigenvalue weighted by atomic mass is 9.96. The Labute approximate surface area is 187 Å². The molecule has 0 spiro atoms. The Morgan fingerprint density at radius 3 is 2.42 bits per heavy atom. The lowest BCUT2D eigenvalue weighted by Crippen LogP contribution is -2.36. The molecule has 0 bridgehead atoms. The van der Waals surface area contributed by atoms with E-state index < -0.39 is 16.1 Å². The van der Waals surface area contributed by atoms with E-state index in [0.717, 1.165) is 3.97 Å². The summed E-state index contributed by atoms with van der Waals surface area (Å²) in [5, 5.41) is 9.51. The normalized spacial score (nSPS) is 12.0. The summed E-state index contributed by atoms with van der Waals surface area (Å²) in [5.41, 5.74) is 1.39. The summed E-state index contributed by atoms with van der Waals surface area (Å²) in [6.45, 7) is 6.18. The molecule has 0 fully saturated rings. The van der Waals surface area contributed by atoms with Gasteiger partial charge in [0.05, 0.1) is 12.2 Å². The molecule has 1 amide bonds. The van der Waals surface area contributed by atoms with Gasteiger partial charge in [0.15, 0.2) is 0 Å². The third-order valence-corrected chi connectivity index (χ3v) is 6.60. The van der Waals surface area contributed by atoms with Gasteiger partial charge >= 0.3 is 6.09 Å². The summed E-state index contributed by atoms with van der Waals surface area (Å²) < 4.78 is 28.0. The van der Waals surface area contributed by atoms with Crippen LogP contribution in [-0.4, -0.2) is 40.0 Å². The van der Waals surface area contributed by atoms with Crippen molar-refractivity contribution in [2.75, 3.05) is 6.54 Å². The summed E-state index contributed by atoms with van der Waals surface area (Å²) >= 11 is 6.07. The summed E-state index contributed by atoms with van der Waals surface area (Å²) in [6.07, 6.45) is 1.79. The Hall–Kier alpha value is -2.84. The molecule has 0 atom stereocenters. The number of benzene rings is 1. The van der Waals surface area contributed by atoms with E-state index in [1.165, 1.54) is 29.4 Å². The summed E-state index contributed by atoms with van der Waals surface area (Å²) in [5.74, 6) is 0. The van der Waals surface area contributed by atoms with Crippen molar-refractivity contribution in [1.29, 1.82) is 0 Å². The molecule has 2 heterocycles. The number of halogens is 1. The molecule has 0 saturated carbocycles. The van der Waals surface area contributed by atoms with Gasteiger partial charge in [-0.2, -0.15) is 0 Å². The Morgan fingerprint density at radius 1 is 1.16 bits per heavy atom. The van der Waals surface area contributed by atoms with Crippen molar-refractivity contribution in [2.24, 2.45) is 5.41 Å². The van der Waals surface area contributed by atoms with Gasteiger partial charge in [0.2, 0.25) is 0 Å². The van der Waals surface area contributed by atoms with Crippen LogP contribution in [0.25, 0.3) is 11.3 Å². The Kier molecular flexibility index (Phi) is 6.43. The van der Waals surface area contributed by atoms with E-state index in [9.17, 15) is 18.3 Å². The van der Waals surface area contributed by atoms with Gasteiger partial charge < -0.3 is 10.0 Å². The molecule has 2 aromatic heterocycles. The van der Waals surface area contributed by atoms with E-state index in [1.807, 2.05) is 26.8 Å². The van der Waals surface area contributed by atoms with Crippen molar-refractivity contribution in [3.8, 4) is 11.3 Å². The minimum Gasteiger partial charge on any atom is -0.465 e. The van der Waals surface area contributed by atoms with Crippen molar-refractivity contribution >= 4 is 27.7 Å². The maximum Gasteiger partial charge on any atom is 0.407 e. The van der Waals surface area contributed by atoms with E-state index in [4.69, 9.17) is 11.6 Å². The zero-order valence-electron chi connectivity index (χ0n) is 17.5. The fourth-order valence-corrected chi connectivity index (χ4v) is 5.09. The Bertz CT molecular complexity index is 1180. The fraction of sp³-hybridized carbons (Fsp3) is 0.273. The molecule has 164 valence electrons. The number of carboxylic acid groups (broad SMARTS) is 1. The Balaban J connectivity index is 2.12. The van der Waals surface area contributed by atoms with Gasteiger partial charge in [-0.05, 0) is 34.7 Å². The van der Waals surface area contributed by atoms with Crippen LogP contribution in [0.4, 0.5) is 4.79 Å². The molecule has 3 rings (SSSR count). The predicted octanol–water partition coefficient (Wildman–Crippen LogP) is 4.97. The van der Waals surface area contributed by atoms with Crippen molar-refractivity contribution in [3.05, 3.63) is 71.6 Å². The van der Waals surface area contributed by atoms with E-state index in [0.29, 0.717) is 23.4 Å². The molecule has 0 aliphatic heterocycles. The number of amides is 1. The van der Waals surface area contributed by atoms with Crippen LogP contribution in [0.15, 0.2) is 65.8 Å². The molecule has 0 aliphatic rings. The Morgan fingerprint density at radius 2 is 1.84 bits per heavy atom. The highest BCUT2D eigenvalue weighted by Gasteiger charge is 2.26. The molecule has 31 heavy (non-hydrogen) atoms. The van der Waals surface area contributed by atoms with Crippen LogP contribution in [0.5, 0.6) is 0 Å². The van der Waals surface area contributed by atoms with Crippen LogP contribution in [0.1, 0.15) is 26.3 Å². The van der Waals surface area contributed by atoms with Crippen LogP contribution in [0, 0.1) is 5.41 Å². The number of pyridine rings is 1. The van der Waals surface area contributed by atoms with Crippen LogP contribution in [0.3, 0.4) is 0 Å². The fourth-order valence-electron chi connectivity index (χ4n) is 3.26. The van der Waals surface area contributed by atoms with Crippen LogP contribution in [0.2, 0.25) is 5.15 Å². The van der Waals surface area contributed by atoms with Crippen LogP contribution in [-0.2, 0) is 16.6 Å². The molecule has 0 radical (unpaired) electrons. The second-order valence-electron chi connectivity index (χ2n) is 8.39. The first-order valence-corrected chi connectivity index (χ1v) is 11.4. The van der Waals surface area contributed by atoms with Crippen molar-refractivity contribution in [3.63, 3.8) is 0 Å². The number of aromatic nitrogens is 2. The van der Waals surface area contributed by atoms with E-state index in [-0.39, 0.29) is 22.0 Å². The second-order valence-corrected chi connectivity index (χ2v) is 10.5. The molecule has 0 unspecified atom stereocenters. The third kappa shape index (κ3) is 5.26. The molecular formula is C22H24ClN3O4S. The first-order chi connectivity index (χ1) is 14.5. The second kappa shape index (κ2) is 8.72. The standard InChI is InChI=1S/C22H24ClN3O4S/c1-22(2,3)15-25(21(27)28)13-16-12-18(17-8-5-4-6-9-17)26(14-16)31(29,30)19-10-7-11-24-20(19)23/h4-12,14H,13,15H2,1-3H3,(H,27,28). The van der Waals surface area contributed by atoms with Gasteiger partial charge in [-0.15, -0.1) is 0 Å². The molecule has 9 heteroatoms. The van der Waals surface area contributed by atoms with Crippen molar-refractivity contribution < 1.29 is 18.3 Å². The SMILES string of the molecule is CC(C)(C)CN(Cc1cc(-c2ccccc2)n(S(=O)(=O)c2cccnc2Cl)c1)C(=O)O.